The van der Waals surface area contributed by atoms with E-state index in [1.54, 1.807) is 18.2 Å². The predicted octanol–water partition coefficient (Wildman–Crippen LogP) is 3.68. The lowest BCUT2D eigenvalue weighted by atomic mass is 9.85. The van der Waals surface area contributed by atoms with Crippen LogP contribution in [0.5, 0.6) is 0 Å². The number of hydrogen-bond acceptors (Lipinski definition) is 5. The normalized spacial score (nSPS) is 18.2. The summed E-state index contributed by atoms with van der Waals surface area (Å²) in [5.41, 5.74) is 1.84. The van der Waals surface area contributed by atoms with Gasteiger partial charge < -0.3 is 10.4 Å². The number of benzene rings is 2. The number of nitrogens with zero attached hydrogens (tertiary/aromatic N) is 1. The molecule has 0 radical (unpaired) electrons. The highest BCUT2D eigenvalue weighted by Crippen LogP contribution is 2.35. The number of carbonyl (C=O) groups is 2. The van der Waals surface area contributed by atoms with E-state index in [9.17, 15) is 23.1 Å². The highest BCUT2D eigenvalue weighted by atomic mass is 32.2. The Hall–Kier alpha value is -3.17. The topological polar surface area (TPSA) is 116 Å². The summed E-state index contributed by atoms with van der Waals surface area (Å²) < 4.78 is 28.8. The number of anilines is 1. The highest BCUT2D eigenvalue weighted by Gasteiger charge is 2.27. The van der Waals surface area contributed by atoms with Gasteiger partial charge in [0.05, 0.1) is 16.1 Å². The Morgan fingerprint density at radius 2 is 1.89 bits per heavy atom. The predicted molar refractivity (Wildman–Crippen MR) is 140 cm³/mol. The number of fused-ring (bicyclic) bond motifs is 1. The molecule has 9 heteroatoms. The van der Waals surface area contributed by atoms with E-state index in [0.29, 0.717) is 36.6 Å². The number of nitrogens with one attached hydrogen (secondary N) is 2. The van der Waals surface area contributed by atoms with Crippen LogP contribution in [0, 0.1) is 0 Å². The number of aromatic carboxylic acids is 1. The molecule has 4 rings (SSSR count). The molecule has 1 aliphatic heterocycles. The van der Waals surface area contributed by atoms with Crippen molar-refractivity contribution in [2.45, 2.75) is 56.4 Å². The number of hydrogen-bond donors (Lipinski definition) is 3. The van der Waals surface area contributed by atoms with Gasteiger partial charge in [-0.2, -0.15) is 0 Å². The molecule has 1 saturated heterocycles. The van der Waals surface area contributed by atoms with Crippen molar-refractivity contribution in [1.29, 1.82) is 0 Å². The van der Waals surface area contributed by atoms with Crippen LogP contribution >= 0.6 is 0 Å². The Kier molecular flexibility index (Phi) is 8.11. The van der Waals surface area contributed by atoms with E-state index in [1.807, 2.05) is 6.07 Å². The van der Waals surface area contributed by atoms with Crippen LogP contribution in [-0.2, 0) is 27.7 Å². The summed E-state index contributed by atoms with van der Waals surface area (Å²) in [5.74, 6) is -1.50. The number of rotatable bonds is 9. The van der Waals surface area contributed by atoms with Gasteiger partial charge >= 0.3 is 5.97 Å². The fourth-order valence-corrected chi connectivity index (χ4v) is 6.31. The van der Waals surface area contributed by atoms with Crippen molar-refractivity contribution in [3.63, 3.8) is 0 Å². The molecule has 2 aromatic carbocycles. The average Bonchev–Trinajstić information content (AvgIpc) is 3.34. The Labute approximate surface area is 212 Å². The van der Waals surface area contributed by atoms with Crippen molar-refractivity contribution in [2.75, 3.05) is 24.4 Å². The van der Waals surface area contributed by atoms with Gasteiger partial charge in [0.15, 0.2) is 0 Å². The molecule has 1 fully saturated rings. The third-order valence-corrected chi connectivity index (χ3v) is 8.38. The average molecular weight is 512 g/mol. The van der Waals surface area contributed by atoms with Crippen molar-refractivity contribution >= 4 is 33.7 Å². The molecule has 0 bridgehead atoms. The summed E-state index contributed by atoms with van der Waals surface area (Å²) in [6.07, 6.45) is 8.05. The first kappa shape index (κ1) is 25.9. The van der Waals surface area contributed by atoms with E-state index in [0.717, 1.165) is 44.3 Å². The molecule has 0 saturated carbocycles. The van der Waals surface area contributed by atoms with Crippen LogP contribution < -0.4 is 10.0 Å². The zero-order valence-corrected chi connectivity index (χ0v) is 21.3. The number of likely N-dealkylation sites (tertiary alicyclic amines) is 1. The Morgan fingerprint density at radius 3 is 2.61 bits per heavy atom. The SMILES string of the molecule is CCN1CCCC1CNC(=O)/C=C/c1cc2c(c(C(=O)O)c1NS(=O)(=O)c1ccccc1)CCCC2. The van der Waals surface area contributed by atoms with Gasteiger partial charge in [-0.05, 0) is 92.6 Å². The van der Waals surface area contributed by atoms with E-state index in [1.165, 1.54) is 24.3 Å². The Balaban J connectivity index is 1.66. The van der Waals surface area contributed by atoms with E-state index < -0.39 is 16.0 Å². The Bertz CT molecular complexity index is 1260. The number of carboxylic acids is 1. The fraction of sp³-hybridized carbons (Fsp3) is 0.407. The molecular weight excluding hydrogens is 478 g/mol. The third-order valence-electron chi connectivity index (χ3n) is 7.02. The van der Waals surface area contributed by atoms with Crippen LogP contribution in [-0.4, -0.2) is 56.0 Å². The van der Waals surface area contributed by atoms with Crippen molar-refractivity contribution in [3.05, 3.63) is 64.7 Å². The molecule has 8 nitrogen and oxygen atoms in total. The summed E-state index contributed by atoms with van der Waals surface area (Å²) in [5, 5.41) is 13.0. The molecule has 1 unspecified atom stereocenters. The third kappa shape index (κ3) is 5.79. The van der Waals surface area contributed by atoms with Crippen molar-refractivity contribution < 1.29 is 23.1 Å². The van der Waals surface area contributed by atoms with Crippen LogP contribution in [0.25, 0.3) is 6.08 Å². The second kappa shape index (κ2) is 11.3. The number of aryl methyl sites for hydroxylation is 1. The summed E-state index contributed by atoms with van der Waals surface area (Å²) in [6, 6.07) is 9.94. The first-order valence-electron chi connectivity index (χ1n) is 12.5. The molecule has 192 valence electrons. The van der Waals surface area contributed by atoms with E-state index >= 15 is 0 Å². The number of sulfonamides is 1. The van der Waals surface area contributed by atoms with Gasteiger partial charge in [-0.15, -0.1) is 0 Å². The first-order chi connectivity index (χ1) is 17.3. The van der Waals surface area contributed by atoms with Gasteiger partial charge in [-0.3, -0.25) is 14.4 Å². The quantitative estimate of drug-likeness (QED) is 0.443. The molecule has 1 atom stereocenters. The van der Waals surface area contributed by atoms with Crippen LogP contribution in [0.1, 0.15) is 59.7 Å². The van der Waals surface area contributed by atoms with Crippen molar-refractivity contribution in [3.8, 4) is 0 Å². The zero-order chi connectivity index (χ0) is 25.7. The highest BCUT2D eigenvalue weighted by molar-refractivity contribution is 7.92. The van der Waals surface area contributed by atoms with Gasteiger partial charge in [0.2, 0.25) is 5.91 Å². The Morgan fingerprint density at radius 1 is 1.14 bits per heavy atom. The second-order valence-corrected chi connectivity index (χ2v) is 11.0. The zero-order valence-electron chi connectivity index (χ0n) is 20.5. The number of amides is 1. The van der Waals surface area contributed by atoms with Crippen LogP contribution in [0.2, 0.25) is 0 Å². The lowest BCUT2D eigenvalue weighted by molar-refractivity contribution is -0.116. The molecule has 2 aromatic rings. The molecular formula is C27H33N3O5S. The van der Waals surface area contributed by atoms with Gasteiger partial charge in [0.25, 0.3) is 10.0 Å². The van der Waals surface area contributed by atoms with Gasteiger partial charge in [-0.1, -0.05) is 25.1 Å². The molecule has 1 aliphatic carbocycles. The van der Waals surface area contributed by atoms with Gasteiger partial charge in [-0.25, -0.2) is 13.2 Å². The summed E-state index contributed by atoms with van der Waals surface area (Å²) in [7, 11) is -4.04. The van der Waals surface area contributed by atoms with E-state index in [4.69, 9.17) is 0 Å². The smallest absolute Gasteiger partial charge is 0.338 e. The maximum absolute atomic E-state index is 13.1. The number of carbonyl (C=O) groups excluding carboxylic acids is 1. The molecule has 2 aliphatic rings. The molecule has 0 aromatic heterocycles. The number of carboxylic acid groups (broad SMARTS) is 1. The molecule has 1 amide bonds. The van der Waals surface area contributed by atoms with Crippen LogP contribution in [0.3, 0.4) is 0 Å². The monoisotopic (exact) mass is 511 g/mol. The fourth-order valence-electron chi connectivity index (χ4n) is 5.18. The summed E-state index contributed by atoms with van der Waals surface area (Å²) in [6.45, 7) is 4.61. The number of likely N-dealkylation sites (N-methyl/N-ethyl adjacent to an activating group) is 1. The maximum atomic E-state index is 13.1. The molecule has 3 N–H and O–H groups in total. The van der Waals surface area contributed by atoms with Gasteiger partial charge in [0, 0.05) is 18.7 Å². The first-order valence-corrected chi connectivity index (χ1v) is 14.0. The van der Waals surface area contributed by atoms with E-state index in [2.05, 4.69) is 21.9 Å². The lowest BCUT2D eigenvalue weighted by Crippen LogP contribution is -2.39. The van der Waals surface area contributed by atoms with E-state index in [-0.39, 0.29) is 22.1 Å². The van der Waals surface area contributed by atoms with Crippen LogP contribution in [0.15, 0.2) is 47.4 Å². The standard InChI is InChI=1S/C27H33N3O5S/c1-2-30-16-8-10-21(30)18-28-24(31)15-14-20-17-19-9-6-7-13-23(19)25(27(32)33)26(20)29-36(34,35)22-11-4-3-5-12-22/h3-5,11-12,14-15,17,21,29H,2,6-10,13,16,18H2,1H3,(H,28,31)(H,32,33)/b15-14+. The largest absolute Gasteiger partial charge is 0.478 e. The minimum Gasteiger partial charge on any atom is -0.478 e. The second-order valence-electron chi connectivity index (χ2n) is 9.29. The molecule has 0 spiro atoms. The van der Waals surface area contributed by atoms with Crippen molar-refractivity contribution in [1.82, 2.24) is 10.2 Å². The van der Waals surface area contributed by atoms with Crippen molar-refractivity contribution in [2.24, 2.45) is 0 Å². The molecule has 36 heavy (non-hydrogen) atoms. The minimum atomic E-state index is -4.04. The maximum Gasteiger partial charge on any atom is 0.338 e. The lowest BCUT2D eigenvalue weighted by Gasteiger charge is -2.23. The summed E-state index contributed by atoms with van der Waals surface area (Å²) in [4.78, 5) is 27.4. The molecule has 1 heterocycles. The van der Waals surface area contributed by atoms with Crippen LogP contribution in [0.4, 0.5) is 5.69 Å². The minimum absolute atomic E-state index is 0.0102. The van der Waals surface area contributed by atoms with Gasteiger partial charge in [0.1, 0.15) is 0 Å². The summed E-state index contributed by atoms with van der Waals surface area (Å²) >= 11 is 0.